The number of aliphatic hydroxyl groups excluding tert-OH is 1. The van der Waals surface area contributed by atoms with Crippen LogP contribution in [0, 0.1) is 0 Å². The molecule has 0 radical (unpaired) electrons. The van der Waals surface area contributed by atoms with E-state index in [0.29, 0.717) is 17.3 Å². The second-order valence-electron chi connectivity index (χ2n) is 4.21. The summed E-state index contributed by atoms with van der Waals surface area (Å²) in [6, 6.07) is 1.77. The van der Waals surface area contributed by atoms with Crippen molar-refractivity contribution in [1.29, 1.82) is 0 Å². The van der Waals surface area contributed by atoms with Gasteiger partial charge in [0.15, 0.2) is 6.29 Å². The van der Waals surface area contributed by atoms with Gasteiger partial charge in [-0.1, -0.05) is 11.6 Å². The largest absolute Gasteiger partial charge is 0.378 e. The molecule has 1 spiro atoms. The molecule has 5 heteroatoms. The van der Waals surface area contributed by atoms with Crippen LogP contribution in [0.4, 0.5) is 0 Å². The summed E-state index contributed by atoms with van der Waals surface area (Å²) in [5.74, 6) is 0. The molecule has 2 unspecified atom stereocenters. The van der Waals surface area contributed by atoms with Gasteiger partial charge in [-0.15, -0.1) is 0 Å². The molecule has 3 heterocycles. The Balaban J connectivity index is 2.09. The Morgan fingerprint density at radius 2 is 2.44 bits per heavy atom. The van der Waals surface area contributed by atoms with E-state index in [9.17, 15) is 5.11 Å². The summed E-state index contributed by atoms with van der Waals surface area (Å²) in [7, 11) is 0. The molecule has 0 bridgehead atoms. The Morgan fingerprint density at radius 3 is 3.19 bits per heavy atom. The van der Waals surface area contributed by atoms with Crippen LogP contribution >= 0.6 is 11.6 Å². The summed E-state index contributed by atoms with van der Waals surface area (Å²) >= 11 is 5.88. The third-order valence-electron chi connectivity index (χ3n) is 3.20. The standard InChI is InChI=1S/C11H12ClNO3/c12-9-4-8-7(5-13-9)10(14)16-11(8)2-1-3-15-6-11/h4-5,10,14H,1-3,6H2. The Kier molecular flexibility index (Phi) is 2.40. The predicted octanol–water partition coefficient (Wildman–Crippen LogP) is 1.76. The van der Waals surface area contributed by atoms with Gasteiger partial charge in [-0.3, -0.25) is 0 Å². The molecule has 0 aliphatic carbocycles. The minimum absolute atomic E-state index is 0.418. The van der Waals surface area contributed by atoms with Crippen molar-refractivity contribution in [3.05, 3.63) is 28.5 Å². The van der Waals surface area contributed by atoms with Crippen molar-refractivity contribution in [2.75, 3.05) is 13.2 Å². The smallest absolute Gasteiger partial charge is 0.184 e. The number of hydrogen-bond acceptors (Lipinski definition) is 4. The van der Waals surface area contributed by atoms with E-state index in [1.165, 1.54) is 0 Å². The number of hydrogen-bond donors (Lipinski definition) is 1. The summed E-state index contributed by atoms with van der Waals surface area (Å²) < 4.78 is 11.1. The topological polar surface area (TPSA) is 51.6 Å². The van der Waals surface area contributed by atoms with Gasteiger partial charge in [-0.25, -0.2) is 4.98 Å². The van der Waals surface area contributed by atoms with E-state index in [1.54, 1.807) is 12.3 Å². The van der Waals surface area contributed by atoms with Crippen molar-refractivity contribution in [3.8, 4) is 0 Å². The Hall–Kier alpha value is -0.680. The minimum atomic E-state index is -0.915. The minimum Gasteiger partial charge on any atom is -0.378 e. The maximum atomic E-state index is 9.83. The first-order chi connectivity index (χ1) is 7.71. The molecule has 2 aliphatic rings. The third-order valence-corrected chi connectivity index (χ3v) is 3.41. The molecule has 86 valence electrons. The van der Waals surface area contributed by atoms with Gasteiger partial charge in [0.1, 0.15) is 10.8 Å². The lowest BCUT2D eigenvalue weighted by atomic mass is 9.88. The maximum Gasteiger partial charge on any atom is 0.184 e. The molecule has 3 rings (SSSR count). The van der Waals surface area contributed by atoms with Crippen LogP contribution in [0.1, 0.15) is 30.3 Å². The van der Waals surface area contributed by atoms with E-state index in [1.807, 2.05) is 0 Å². The molecule has 4 nitrogen and oxygen atoms in total. The number of fused-ring (bicyclic) bond motifs is 2. The summed E-state index contributed by atoms with van der Waals surface area (Å²) in [6.45, 7) is 1.22. The molecule has 16 heavy (non-hydrogen) atoms. The van der Waals surface area contributed by atoms with E-state index in [2.05, 4.69) is 4.98 Å². The van der Waals surface area contributed by atoms with E-state index >= 15 is 0 Å². The summed E-state index contributed by atoms with van der Waals surface area (Å²) in [5, 5.41) is 10.2. The lowest BCUT2D eigenvalue weighted by Crippen LogP contribution is -2.36. The second kappa shape index (κ2) is 3.67. The fraction of sp³-hybridized carbons (Fsp3) is 0.545. The highest BCUT2D eigenvalue weighted by atomic mass is 35.5. The van der Waals surface area contributed by atoms with Gasteiger partial charge in [0.05, 0.1) is 6.61 Å². The first-order valence-electron chi connectivity index (χ1n) is 5.31. The fourth-order valence-corrected chi connectivity index (χ4v) is 2.60. The summed E-state index contributed by atoms with van der Waals surface area (Å²) in [6.07, 6.45) is 2.43. The van der Waals surface area contributed by atoms with Gasteiger partial charge in [-0.2, -0.15) is 0 Å². The SMILES string of the molecule is OC1OC2(CCCOC2)c2cc(Cl)ncc21. The van der Waals surface area contributed by atoms with Crippen molar-refractivity contribution >= 4 is 11.6 Å². The van der Waals surface area contributed by atoms with Crippen molar-refractivity contribution < 1.29 is 14.6 Å². The average Bonchev–Trinajstić information content (AvgIpc) is 2.53. The van der Waals surface area contributed by atoms with Gasteiger partial charge < -0.3 is 14.6 Å². The van der Waals surface area contributed by atoms with Crippen LogP contribution in [0.5, 0.6) is 0 Å². The lowest BCUT2D eigenvalue weighted by molar-refractivity contribution is -0.209. The van der Waals surface area contributed by atoms with E-state index in [-0.39, 0.29) is 0 Å². The fourth-order valence-electron chi connectivity index (χ4n) is 2.45. The molecule has 2 atom stereocenters. The van der Waals surface area contributed by atoms with Crippen molar-refractivity contribution in [3.63, 3.8) is 0 Å². The number of aromatic nitrogens is 1. The highest BCUT2D eigenvalue weighted by Crippen LogP contribution is 2.46. The van der Waals surface area contributed by atoms with Gasteiger partial charge in [0.25, 0.3) is 0 Å². The van der Waals surface area contributed by atoms with Crippen molar-refractivity contribution in [1.82, 2.24) is 4.98 Å². The van der Waals surface area contributed by atoms with Gasteiger partial charge >= 0.3 is 0 Å². The molecule has 1 N–H and O–H groups in total. The van der Waals surface area contributed by atoms with Crippen LogP contribution in [0.3, 0.4) is 0 Å². The molecule has 1 aromatic heterocycles. The first kappa shape index (κ1) is 10.5. The molecule has 1 fully saturated rings. The number of rotatable bonds is 0. The predicted molar refractivity (Wildman–Crippen MR) is 57.0 cm³/mol. The number of halogens is 1. The number of pyridine rings is 1. The molecule has 1 aromatic rings. The lowest BCUT2D eigenvalue weighted by Gasteiger charge is -2.33. The number of nitrogens with zero attached hydrogens (tertiary/aromatic N) is 1. The van der Waals surface area contributed by atoms with Crippen LogP contribution in [-0.4, -0.2) is 23.3 Å². The monoisotopic (exact) mass is 241 g/mol. The van der Waals surface area contributed by atoms with Crippen LogP contribution in [0.15, 0.2) is 12.3 Å². The molecule has 0 saturated carbocycles. The molecule has 0 aromatic carbocycles. The van der Waals surface area contributed by atoms with Crippen LogP contribution < -0.4 is 0 Å². The molecule has 0 amide bonds. The van der Waals surface area contributed by atoms with Gasteiger partial charge in [0.2, 0.25) is 0 Å². The molecular weight excluding hydrogens is 230 g/mol. The molecule has 2 aliphatic heterocycles. The zero-order valence-electron chi connectivity index (χ0n) is 8.65. The van der Waals surface area contributed by atoms with E-state index in [0.717, 1.165) is 25.0 Å². The summed E-state index contributed by atoms with van der Waals surface area (Å²) in [4.78, 5) is 3.96. The molecule has 1 saturated heterocycles. The van der Waals surface area contributed by atoms with Gasteiger partial charge in [0, 0.05) is 18.4 Å². The summed E-state index contributed by atoms with van der Waals surface area (Å²) in [5.41, 5.74) is 1.09. The third kappa shape index (κ3) is 1.45. The highest BCUT2D eigenvalue weighted by molar-refractivity contribution is 6.29. The quantitative estimate of drug-likeness (QED) is 0.704. The Bertz CT molecular complexity index is 418. The Labute approximate surface area is 98.2 Å². The van der Waals surface area contributed by atoms with Crippen molar-refractivity contribution in [2.45, 2.75) is 24.7 Å². The van der Waals surface area contributed by atoms with E-state index < -0.39 is 11.9 Å². The Morgan fingerprint density at radius 1 is 1.56 bits per heavy atom. The van der Waals surface area contributed by atoms with Crippen LogP contribution in [0.25, 0.3) is 0 Å². The number of aliphatic hydroxyl groups is 1. The number of ether oxygens (including phenoxy) is 2. The first-order valence-corrected chi connectivity index (χ1v) is 5.69. The normalized spacial score (nSPS) is 33.0. The average molecular weight is 242 g/mol. The zero-order chi connectivity index (χ0) is 11.2. The highest BCUT2D eigenvalue weighted by Gasteiger charge is 2.46. The van der Waals surface area contributed by atoms with E-state index in [4.69, 9.17) is 21.1 Å². The van der Waals surface area contributed by atoms with Crippen LogP contribution in [-0.2, 0) is 15.1 Å². The molecular formula is C11H12ClNO3. The maximum absolute atomic E-state index is 9.83. The van der Waals surface area contributed by atoms with Gasteiger partial charge in [-0.05, 0) is 24.5 Å². The zero-order valence-corrected chi connectivity index (χ0v) is 9.41. The van der Waals surface area contributed by atoms with Crippen LogP contribution in [0.2, 0.25) is 5.15 Å². The second-order valence-corrected chi connectivity index (χ2v) is 4.60. The van der Waals surface area contributed by atoms with Crippen molar-refractivity contribution in [2.24, 2.45) is 0 Å².